The fourth-order valence-electron chi connectivity index (χ4n) is 3.68. The number of likely N-dealkylation sites (tertiary alicyclic amines) is 1. The summed E-state index contributed by atoms with van der Waals surface area (Å²) in [6, 6.07) is 7.50. The number of ether oxygens (including phenoxy) is 2. The minimum absolute atomic E-state index is 0.0638. The number of carbonyl (C=O) groups excluding carboxylic acids is 1. The molecule has 1 aromatic carbocycles. The monoisotopic (exact) mass is 348 g/mol. The molecule has 1 N–H and O–H groups in total. The Bertz CT molecular complexity index is 665. The third-order valence-corrected chi connectivity index (χ3v) is 5.18. The number of carboxylic acid groups (broad SMARTS) is 1. The second kappa shape index (κ2) is 7.01. The van der Waals surface area contributed by atoms with E-state index in [1.807, 2.05) is 36.2 Å². The molecule has 0 radical (unpaired) electrons. The van der Waals surface area contributed by atoms with E-state index in [1.165, 1.54) is 0 Å². The third-order valence-electron chi connectivity index (χ3n) is 5.18. The molecule has 0 spiro atoms. The number of methoxy groups -OCH3 is 1. The van der Waals surface area contributed by atoms with Crippen molar-refractivity contribution in [2.24, 2.45) is 5.41 Å². The van der Waals surface area contributed by atoms with Gasteiger partial charge >= 0.3 is 5.97 Å². The van der Waals surface area contributed by atoms with Crippen molar-refractivity contribution >= 4 is 11.9 Å². The van der Waals surface area contributed by atoms with E-state index in [4.69, 9.17) is 9.47 Å². The molecule has 2 atom stereocenters. The molecule has 1 amide bonds. The highest BCUT2D eigenvalue weighted by atomic mass is 16.5. The molecule has 25 heavy (non-hydrogen) atoms. The minimum Gasteiger partial charge on any atom is -0.492 e. The summed E-state index contributed by atoms with van der Waals surface area (Å²) in [4.78, 5) is 28.2. The number of para-hydroxylation sites is 1. The van der Waals surface area contributed by atoms with Gasteiger partial charge < -0.3 is 19.5 Å². The highest BCUT2D eigenvalue weighted by Crippen LogP contribution is 2.49. The topological polar surface area (TPSA) is 79.3 Å². The molecule has 1 saturated heterocycles. The number of nitrogens with zero attached hydrogens (tertiary/aromatic N) is 2. The van der Waals surface area contributed by atoms with Crippen molar-refractivity contribution in [3.63, 3.8) is 0 Å². The van der Waals surface area contributed by atoms with Gasteiger partial charge in [-0.1, -0.05) is 18.2 Å². The van der Waals surface area contributed by atoms with E-state index in [1.54, 1.807) is 12.0 Å². The normalized spacial score (nSPS) is 24.6. The van der Waals surface area contributed by atoms with Crippen LogP contribution in [-0.4, -0.2) is 80.3 Å². The first-order chi connectivity index (χ1) is 12.0. The number of aliphatic carboxylic acids is 1. The van der Waals surface area contributed by atoms with Crippen LogP contribution in [0.2, 0.25) is 0 Å². The van der Waals surface area contributed by atoms with E-state index in [-0.39, 0.29) is 31.5 Å². The van der Waals surface area contributed by atoms with Gasteiger partial charge in [-0.05, 0) is 13.1 Å². The van der Waals surface area contributed by atoms with Gasteiger partial charge in [0.1, 0.15) is 17.8 Å². The van der Waals surface area contributed by atoms with Crippen molar-refractivity contribution < 1.29 is 24.2 Å². The van der Waals surface area contributed by atoms with Gasteiger partial charge in [-0.25, -0.2) is 0 Å². The van der Waals surface area contributed by atoms with Crippen LogP contribution >= 0.6 is 0 Å². The number of hydrogen-bond donors (Lipinski definition) is 1. The third kappa shape index (κ3) is 3.21. The summed E-state index contributed by atoms with van der Waals surface area (Å²) in [5, 5.41) is 9.88. The van der Waals surface area contributed by atoms with Gasteiger partial charge in [0.25, 0.3) is 0 Å². The van der Waals surface area contributed by atoms with Crippen molar-refractivity contribution in [2.45, 2.75) is 5.92 Å². The molecule has 7 nitrogen and oxygen atoms in total. The second-order valence-corrected chi connectivity index (χ2v) is 6.85. The lowest BCUT2D eigenvalue weighted by Crippen LogP contribution is -2.46. The number of carboxylic acids is 1. The summed E-state index contributed by atoms with van der Waals surface area (Å²) in [5.74, 6) is -0.500. The number of carbonyl (C=O) groups is 2. The molecule has 0 bridgehead atoms. The first-order valence-electron chi connectivity index (χ1n) is 8.38. The average Bonchev–Trinajstić information content (AvgIpc) is 3.02. The van der Waals surface area contributed by atoms with Crippen molar-refractivity contribution in [3.05, 3.63) is 29.8 Å². The van der Waals surface area contributed by atoms with E-state index in [0.717, 1.165) is 11.3 Å². The number of likely N-dealkylation sites (N-methyl/N-ethyl adjacent to an activating group) is 1. The summed E-state index contributed by atoms with van der Waals surface area (Å²) < 4.78 is 10.7. The lowest BCUT2D eigenvalue weighted by Gasteiger charge is -2.35. The first kappa shape index (κ1) is 17.7. The number of amides is 1. The van der Waals surface area contributed by atoms with Gasteiger partial charge in [-0.15, -0.1) is 0 Å². The maximum Gasteiger partial charge on any atom is 0.315 e. The zero-order chi connectivity index (χ0) is 18.0. The van der Waals surface area contributed by atoms with E-state index in [9.17, 15) is 14.7 Å². The predicted molar refractivity (Wildman–Crippen MR) is 90.7 cm³/mol. The molecule has 0 aromatic heterocycles. The summed E-state index contributed by atoms with van der Waals surface area (Å²) in [6.45, 7) is 2.12. The summed E-state index contributed by atoms with van der Waals surface area (Å²) in [5.41, 5.74) is -0.200. The maximum atomic E-state index is 12.6. The summed E-state index contributed by atoms with van der Waals surface area (Å²) in [6.07, 6.45) is 0. The van der Waals surface area contributed by atoms with Crippen molar-refractivity contribution in [1.29, 1.82) is 0 Å². The molecule has 0 unspecified atom stereocenters. The van der Waals surface area contributed by atoms with Crippen molar-refractivity contribution in [2.75, 3.05) is 53.6 Å². The highest BCUT2D eigenvalue weighted by Gasteiger charge is 2.57. The molecule has 1 aromatic rings. The van der Waals surface area contributed by atoms with Crippen LogP contribution in [0, 0.1) is 5.41 Å². The molecule has 1 fully saturated rings. The Kier molecular flexibility index (Phi) is 4.96. The van der Waals surface area contributed by atoms with Crippen LogP contribution in [0.15, 0.2) is 24.3 Å². The van der Waals surface area contributed by atoms with Crippen LogP contribution in [0.5, 0.6) is 5.75 Å². The average molecular weight is 348 g/mol. The van der Waals surface area contributed by atoms with Crippen LogP contribution in [0.25, 0.3) is 0 Å². The molecule has 2 aliphatic heterocycles. The molecule has 7 heteroatoms. The lowest BCUT2D eigenvalue weighted by atomic mass is 9.73. The molecule has 0 aliphatic carbocycles. The van der Waals surface area contributed by atoms with E-state index in [2.05, 4.69) is 0 Å². The van der Waals surface area contributed by atoms with Gasteiger partial charge in [0.05, 0.1) is 13.2 Å². The zero-order valence-corrected chi connectivity index (χ0v) is 14.6. The number of fused-ring (bicyclic) bond motifs is 3. The van der Waals surface area contributed by atoms with Gasteiger partial charge in [0.15, 0.2) is 0 Å². The first-order valence-corrected chi connectivity index (χ1v) is 8.38. The van der Waals surface area contributed by atoms with Crippen molar-refractivity contribution in [3.8, 4) is 5.75 Å². The Morgan fingerprint density at radius 3 is 2.92 bits per heavy atom. The SMILES string of the molecule is COCCN(C)CC(=O)N1C[C@@H]2c3ccccc3OC[C@]2(C(=O)O)C1. The predicted octanol–water partition coefficient (Wildman–Crippen LogP) is 0.654. The van der Waals surface area contributed by atoms with E-state index in [0.29, 0.717) is 19.7 Å². The molecular formula is C18H24N2O5. The van der Waals surface area contributed by atoms with Crippen LogP contribution < -0.4 is 4.74 Å². The fourth-order valence-corrected chi connectivity index (χ4v) is 3.68. The summed E-state index contributed by atoms with van der Waals surface area (Å²) in [7, 11) is 3.47. The zero-order valence-electron chi connectivity index (χ0n) is 14.6. The Morgan fingerprint density at radius 2 is 2.20 bits per heavy atom. The largest absolute Gasteiger partial charge is 0.492 e. The standard InChI is InChI=1S/C18H24N2O5/c1-19(7-8-24-2)10-16(21)20-9-14-13-5-3-4-6-15(13)25-12-18(14,11-20)17(22)23/h3-6,14H,7-12H2,1-2H3,(H,22,23)/t14-,18-/m1/s1. The van der Waals surface area contributed by atoms with Crippen LogP contribution in [0.1, 0.15) is 11.5 Å². The van der Waals surface area contributed by atoms with Gasteiger partial charge in [0, 0.05) is 38.2 Å². The van der Waals surface area contributed by atoms with E-state index < -0.39 is 11.4 Å². The number of rotatable bonds is 6. The number of benzene rings is 1. The smallest absolute Gasteiger partial charge is 0.315 e. The van der Waals surface area contributed by atoms with Crippen LogP contribution in [0.3, 0.4) is 0 Å². The van der Waals surface area contributed by atoms with Gasteiger partial charge in [-0.2, -0.15) is 0 Å². The summed E-state index contributed by atoms with van der Waals surface area (Å²) >= 11 is 0. The molecule has 2 heterocycles. The Balaban J connectivity index is 1.79. The lowest BCUT2D eigenvalue weighted by molar-refractivity contribution is -0.152. The van der Waals surface area contributed by atoms with Gasteiger partial charge in [0.2, 0.25) is 5.91 Å². The van der Waals surface area contributed by atoms with Gasteiger partial charge in [-0.3, -0.25) is 14.5 Å². The van der Waals surface area contributed by atoms with Crippen molar-refractivity contribution in [1.82, 2.24) is 9.80 Å². The highest BCUT2D eigenvalue weighted by molar-refractivity contribution is 5.83. The molecule has 136 valence electrons. The van der Waals surface area contributed by atoms with Crippen LogP contribution in [-0.2, 0) is 14.3 Å². The molecule has 3 rings (SSSR count). The maximum absolute atomic E-state index is 12.6. The molecule has 2 aliphatic rings. The minimum atomic E-state index is -1.07. The molecule has 0 saturated carbocycles. The molecular weight excluding hydrogens is 324 g/mol. The Hall–Kier alpha value is -2.12. The number of hydrogen-bond acceptors (Lipinski definition) is 5. The fraction of sp³-hybridized carbons (Fsp3) is 0.556. The Labute approximate surface area is 147 Å². The van der Waals surface area contributed by atoms with Crippen LogP contribution in [0.4, 0.5) is 0 Å². The second-order valence-electron chi connectivity index (χ2n) is 6.85. The quantitative estimate of drug-likeness (QED) is 0.813. The Morgan fingerprint density at radius 1 is 1.44 bits per heavy atom. The van der Waals surface area contributed by atoms with E-state index >= 15 is 0 Å².